The fourth-order valence-corrected chi connectivity index (χ4v) is 3.10. The molecule has 0 aliphatic carbocycles. The number of carbonyl (C=O) groups excluding carboxylic acids is 1. The van der Waals surface area contributed by atoms with Crippen molar-refractivity contribution in [3.63, 3.8) is 0 Å². The predicted molar refractivity (Wildman–Crippen MR) is 82.4 cm³/mol. The van der Waals surface area contributed by atoms with E-state index in [4.69, 9.17) is 0 Å². The summed E-state index contributed by atoms with van der Waals surface area (Å²) in [5.41, 5.74) is 0.968. The molecule has 21 heavy (non-hydrogen) atoms. The van der Waals surface area contributed by atoms with Gasteiger partial charge in [-0.3, -0.25) is 4.79 Å². The number of carbonyl (C=O) groups is 1. The lowest BCUT2D eigenvalue weighted by atomic mass is 9.91. The van der Waals surface area contributed by atoms with Crippen molar-refractivity contribution in [3.05, 3.63) is 35.6 Å². The Balaban J connectivity index is 2.14. The summed E-state index contributed by atoms with van der Waals surface area (Å²) in [6, 6.07) is 6.28. The molecule has 1 N–H and O–H groups in total. The second-order valence-corrected chi connectivity index (χ2v) is 5.90. The molecule has 3 nitrogen and oxygen atoms in total. The molecule has 3 unspecified atom stereocenters. The molecule has 1 aromatic rings. The van der Waals surface area contributed by atoms with E-state index in [0.29, 0.717) is 12.5 Å². The molecule has 0 spiro atoms. The number of benzene rings is 1. The summed E-state index contributed by atoms with van der Waals surface area (Å²) >= 11 is 0. The van der Waals surface area contributed by atoms with Gasteiger partial charge in [0.05, 0.1) is 12.1 Å². The number of halogens is 1. The van der Waals surface area contributed by atoms with Crippen LogP contribution in [0.5, 0.6) is 0 Å². The van der Waals surface area contributed by atoms with Crippen molar-refractivity contribution in [1.82, 2.24) is 10.2 Å². The summed E-state index contributed by atoms with van der Waals surface area (Å²) < 4.78 is 13.0. The van der Waals surface area contributed by atoms with Gasteiger partial charge in [-0.15, -0.1) is 0 Å². The highest BCUT2D eigenvalue weighted by Gasteiger charge is 2.32. The molecule has 1 aliphatic rings. The third-order valence-electron chi connectivity index (χ3n) is 4.48. The molecule has 2 rings (SSSR count). The molecular weight excluding hydrogens is 267 g/mol. The molecule has 0 aromatic heterocycles. The van der Waals surface area contributed by atoms with E-state index in [9.17, 15) is 9.18 Å². The maximum absolute atomic E-state index is 13.0. The Morgan fingerprint density at radius 1 is 1.43 bits per heavy atom. The predicted octanol–water partition coefficient (Wildman–Crippen LogP) is 3.12. The van der Waals surface area contributed by atoms with E-state index in [0.717, 1.165) is 24.9 Å². The van der Waals surface area contributed by atoms with Gasteiger partial charge < -0.3 is 10.2 Å². The van der Waals surface area contributed by atoms with Gasteiger partial charge in [0, 0.05) is 6.54 Å². The van der Waals surface area contributed by atoms with Gasteiger partial charge in [0.1, 0.15) is 5.82 Å². The van der Waals surface area contributed by atoms with Gasteiger partial charge in [0.25, 0.3) is 0 Å². The molecule has 1 aliphatic heterocycles. The van der Waals surface area contributed by atoms with Gasteiger partial charge in [0.2, 0.25) is 5.91 Å². The average Bonchev–Trinajstić information content (AvgIpc) is 2.49. The van der Waals surface area contributed by atoms with Crippen LogP contribution in [0.3, 0.4) is 0 Å². The zero-order valence-corrected chi connectivity index (χ0v) is 13.1. The summed E-state index contributed by atoms with van der Waals surface area (Å²) in [5, 5.41) is 3.35. The average molecular weight is 292 g/mol. The van der Waals surface area contributed by atoms with Crippen molar-refractivity contribution in [3.8, 4) is 0 Å². The Hall–Kier alpha value is -1.42. The standard InChI is InChI=1S/C17H25FN2O/c1-4-20(13(3)14-7-9-15(18)10-8-14)17(21)16-12(2)6-5-11-19-16/h7-10,12-13,16,19H,4-6,11H2,1-3H3. The Morgan fingerprint density at radius 3 is 2.67 bits per heavy atom. The van der Waals surface area contributed by atoms with Gasteiger partial charge in [0.15, 0.2) is 0 Å². The summed E-state index contributed by atoms with van der Waals surface area (Å²) in [4.78, 5) is 14.7. The molecule has 1 fully saturated rings. The molecule has 0 saturated carbocycles. The van der Waals surface area contributed by atoms with E-state index in [1.165, 1.54) is 12.1 Å². The molecule has 3 atom stereocenters. The molecule has 1 heterocycles. The molecule has 116 valence electrons. The van der Waals surface area contributed by atoms with Crippen molar-refractivity contribution in [2.24, 2.45) is 5.92 Å². The van der Waals surface area contributed by atoms with E-state index < -0.39 is 0 Å². The van der Waals surface area contributed by atoms with Crippen LogP contribution in [0.2, 0.25) is 0 Å². The Bertz CT molecular complexity index is 474. The lowest BCUT2D eigenvalue weighted by Gasteiger charge is -2.36. The molecule has 4 heteroatoms. The zero-order chi connectivity index (χ0) is 15.4. The van der Waals surface area contributed by atoms with E-state index >= 15 is 0 Å². The van der Waals surface area contributed by atoms with Crippen molar-refractivity contribution in [1.29, 1.82) is 0 Å². The highest BCUT2D eigenvalue weighted by Crippen LogP contribution is 2.24. The number of piperidine rings is 1. The van der Waals surface area contributed by atoms with Crippen LogP contribution in [0.25, 0.3) is 0 Å². The zero-order valence-electron chi connectivity index (χ0n) is 13.1. The molecular formula is C17H25FN2O. The minimum absolute atomic E-state index is 0.0426. The highest BCUT2D eigenvalue weighted by atomic mass is 19.1. The second-order valence-electron chi connectivity index (χ2n) is 5.90. The van der Waals surface area contributed by atoms with E-state index in [2.05, 4.69) is 12.2 Å². The molecule has 1 amide bonds. The van der Waals surface area contributed by atoms with Gasteiger partial charge >= 0.3 is 0 Å². The fourth-order valence-electron chi connectivity index (χ4n) is 3.10. The SMILES string of the molecule is CCN(C(=O)C1NCCCC1C)C(C)c1ccc(F)cc1. The summed E-state index contributed by atoms with van der Waals surface area (Å²) in [7, 11) is 0. The van der Waals surface area contributed by atoms with Crippen LogP contribution >= 0.6 is 0 Å². The first-order chi connectivity index (χ1) is 10.0. The number of rotatable bonds is 4. The van der Waals surface area contributed by atoms with Crippen LogP contribution in [0, 0.1) is 11.7 Å². The lowest BCUT2D eigenvalue weighted by Crippen LogP contribution is -2.52. The molecule has 0 bridgehead atoms. The number of nitrogens with one attached hydrogen (secondary N) is 1. The summed E-state index contributed by atoms with van der Waals surface area (Å²) in [6.45, 7) is 7.68. The topological polar surface area (TPSA) is 32.3 Å². The smallest absolute Gasteiger partial charge is 0.240 e. The third kappa shape index (κ3) is 3.62. The normalized spacial score (nSPS) is 23.6. The van der Waals surface area contributed by atoms with Gasteiger partial charge in [-0.05, 0) is 56.8 Å². The molecule has 1 aromatic carbocycles. The van der Waals surface area contributed by atoms with Crippen LogP contribution in [0.1, 0.15) is 45.2 Å². The highest BCUT2D eigenvalue weighted by molar-refractivity contribution is 5.82. The van der Waals surface area contributed by atoms with Crippen LogP contribution in [-0.4, -0.2) is 29.9 Å². The van der Waals surface area contributed by atoms with E-state index in [1.54, 1.807) is 12.1 Å². The maximum atomic E-state index is 13.0. The van der Waals surface area contributed by atoms with Crippen LogP contribution < -0.4 is 5.32 Å². The number of nitrogens with zero attached hydrogens (tertiary/aromatic N) is 1. The first-order valence-corrected chi connectivity index (χ1v) is 7.84. The first kappa shape index (κ1) is 16.0. The van der Waals surface area contributed by atoms with E-state index in [1.807, 2.05) is 18.7 Å². The van der Waals surface area contributed by atoms with Gasteiger partial charge in [-0.2, -0.15) is 0 Å². The van der Waals surface area contributed by atoms with Crippen molar-refractivity contribution in [2.45, 2.75) is 45.7 Å². The van der Waals surface area contributed by atoms with Crippen LogP contribution in [0.4, 0.5) is 4.39 Å². The Morgan fingerprint density at radius 2 is 2.10 bits per heavy atom. The van der Waals surface area contributed by atoms with Crippen LogP contribution in [0.15, 0.2) is 24.3 Å². The lowest BCUT2D eigenvalue weighted by molar-refractivity contribution is -0.137. The Kier molecular flexibility index (Phi) is 5.34. The summed E-state index contributed by atoms with van der Waals surface area (Å²) in [6.07, 6.45) is 2.22. The minimum Gasteiger partial charge on any atom is -0.335 e. The van der Waals surface area contributed by atoms with Crippen LogP contribution in [-0.2, 0) is 4.79 Å². The number of hydrogen-bond donors (Lipinski definition) is 1. The monoisotopic (exact) mass is 292 g/mol. The maximum Gasteiger partial charge on any atom is 0.240 e. The molecule has 0 radical (unpaired) electrons. The summed E-state index contributed by atoms with van der Waals surface area (Å²) in [5.74, 6) is 0.269. The Labute approximate surface area is 126 Å². The third-order valence-corrected chi connectivity index (χ3v) is 4.48. The number of amides is 1. The quantitative estimate of drug-likeness (QED) is 0.924. The second kappa shape index (κ2) is 7.03. The number of hydrogen-bond acceptors (Lipinski definition) is 2. The van der Waals surface area contributed by atoms with Gasteiger partial charge in [-0.1, -0.05) is 19.1 Å². The van der Waals surface area contributed by atoms with Crippen molar-refractivity contribution >= 4 is 5.91 Å². The van der Waals surface area contributed by atoms with Crippen molar-refractivity contribution in [2.75, 3.05) is 13.1 Å². The fraction of sp³-hybridized carbons (Fsp3) is 0.588. The number of likely N-dealkylation sites (N-methyl/N-ethyl adjacent to an activating group) is 1. The largest absolute Gasteiger partial charge is 0.335 e. The van der Waals surface area contributed by atoms with E-state index in [-0.39, 0.29) is 23.8 Å². The minimum atomic E-state index is -0.247. The molecule has 1 saturated heterocycles. The van der Waals surface area contributed by atoms with Gasteiger partial charge in [-0.25, -0.2) is 4.39 Å². The van der Waals surface area contributed by atoms with Crippen molar-refractivity contribution < 1.29 is 9.18 Å². The first-order valence-electron chi connectivity index (χ1n) is 7.84.